The van der Waals surface area contributed by atoms with Crippen LogP contribution < -0.4 is 5.73 Å². The first kappa shape index (κ1) is 14.5. The second-order valence-corrected chi connectivity index (χ2v) is 4.82. The average molecular weight is 273 g/mol. The predicted octanol–water partition coefficient (Wildman–Crippen LogP) is 2.26. The first-order chi connectivity index (χ1) is 9.74. The fourth-order valence-electron chi connectivity index (χ4n) is 2.35. The van der Waals surface area contributed by atoms with Crippen molar-refractivity contribution < 1.29 is 0 Å². The molecular formula is C15H23N5. The number of hydrogen-bond acceptors (Lipinski definition) is 4. The van der Waals surface area contributed by atoms with E-state index in [1.165, 1.54) is 0 Å². The van der Waals surface area contributed by atoms with Gasteiger partial charge in [0, 0.05) is 18.3 Å². The lowest BCUT2D eigenvalue weighted by molar-refractivity contribution is 0.293. The molecule has 0 spiro atoms. The normalized spacial score (nSPS) is 11.2. The highest BCUT2D eigenvalue weighted by atomic mass is 15.1. The molecule has 0 saturated carbocycles. The minimum atomic E-state index is 0.540. The number of nitrogens with zero attached hydrogens (tertiary/aromatic N) is 4. The van der Waals surface area contributed by atoms with Crippen molar-refractivity contribution in [3.8, 4) is 11.3 Å². The van der Waals surface area contributed by atoms with Crippen LogP contribution in [0.4, 0.5) is 5.82 Å². The monoisotopic (exact) mass is 273 g/mol. The SMILES string of the molecule is CCN(CC)CCCn1cncc1-c1ccnc(N)c1. The minimum absolute atomic E-state index is 0.540. The van der Waals surface area contributed by atoms with Gasteiger partial charge in [-0.15, -0.1) is 0 Å². The molecule has 5 nitrogen and oxygen atoms in total. The zero-order valence-corrected chi connectivity index (χ0v) is 12.3. The molecule has 0 radical (unpaired) electrons. The Morgan fingerprint density at radius 3 is 2.80 bits per heavy atom. The second kappa shape index (κ2) is 7.05. The molecule has 0 fully saturated rings. The Morgan fingerprint density at radius 2 is 2.10 bits per heavy atom. The third kappa shape index (κ3) is 3.57. The summed E-state index contributed by atoms with van der Waals surface area (Å²) in [5.74, 6) is 0.540. The van der Waals surface area contributed by atoms with Gasteiger partial charge in [0.1, 0.15) is 5.82 Å². The van der Waals surface area contributed by atoms with Crippen molar-refractivity contribution >= 4 is 5.82 Å². The highest BCUT2D eigenvalue weighted by molar-refractivity contribution is 5.61. The van der Waals surface area contributed by atoms with Crippen LogP contribution in [0.3, 0.4) is 0 Å². The number of hydrogen-bond donors (Lipinski definition) is 1. The molecule has 0 aliphatic heterocycles. The Bertz CT molecular complexity index is 531. The maximum atomic E-state index is 5.74. The number of anilines is 1. The smallest absolute Gasteiger partial charge is 0.123 e. The molecule has 2 N–H and O–H groups in total. The van der Waals surface area contributed by atoms with Gasteiger partial charge in [0.2, 0.25) is 0 Å². The first-order valence-electron chi connectivity index (χ1n) is 7.19. The minimum Gasteiger partial charge on any atom is -0.384 e. The highest BCUT2D eigenvalue weighted by Crippen LogP contribution is 2.20. The largest absolute Gasteiger partial charge is 0.384 e. The van der Waals surface area contributed by atoms with E-state index in [0.717, 1.165) is 43.9 Å². The van der Waals surface area contributed by atoms with Crippen molar-refractivity contribution in [2.45, 2.75) is 26.8 Å². The molecule has 0 bridgehead atoms. The molecule has 5 heteroatoms. The van der Waals surface area contributed by atoms with Crippen molar-refractivity contribution in [1.29, 1.82) is 0 Å². The molecule has 0 atom stereocenters. The summed E-state index contributed by atoms with van der Waals surface area (Å²) in [5.41, 5.74) is 7.91. The highest BCUT2D eigenvalue weighted by Gasteiger charge is 2.06. The van der Waals surface area contributed by atoms with Gasteiger partial charge in [-0.1, -0.05) is 13.8 Å². The van der Waals surface area contributed by atoms with E-state index >= 15 is 0 Å². The molecule has 0 aliphatic rings. The standard InChI is InChI=1S/C15H23N5/c1-3-19(4-2)8-5-9-20-12-17-11-14(20)13-6-7-18-15(16)10-13/h6-7,10-12H,3-5,8-9H2,1-2H3,(H2,16,18). The van der Waals surface area contributed by atoms with E-state index in [4.69, 9.17) is 5.73 Å². The van der Waals surface area contributed by atoms with Crippen LogP contribution in [0.2, 0.25) is 0 Å². The lowest BCUT2D eigenvalue weighted by Gasteiger charge is -2.18. The number of nitrogens with two attached hydrogens (primary N) is 1. The predicted molar refractivity (Wildman–Crippen MR) is 82.3 cm³/mol. The molecule has 108 valence electrons. The summed E-state index contributed by atoms with van der Waals surface area (Å²) in [7, 11) is 0. The van der Waals surface area contributed by atoms with E-state index in [2.05, 4.69) is 33.3 Å². The Labute approximate surface area is 120 Å². The number of pyridine rings is 1. The van der Waals surface area contributed by atoms with Crippen LogP contribution in [0, 0.1) is 0 Å². The summed E-state index contributed by atoms with van der Waals surface area (Å²) in [5, 5.41) is 0. The maximum Gasteiger partial charge on any atom is 0.123 e. The second-order valence-electron chi connectivity index (χ2n) is 4.82. The molecule has 2 rings (SSSR count). The van der Waals surface area contributed by atoms with Gasteiger partial charge in [0.05, 0.1) is 18.2 Å². The van der Waals surface area contributed by atoms with E-state index < -0.39 is 0 Å². The summed E-state index contributed by atoms with van der Waals surface area (Å²) in [4.78, 5) is 10.7. The molecule has 0 aromatic carbocycles. The van der Waals surface area contributed by atoms with E-state index in [0.29, 0.717) is 5.82 Å². The van der Waals surface area contributed by atoms with Gasteiger partial charge in [-0.25, -0.2) is 9.97 Å². The van der Waals surface area contributed by atoms with Gasteiger partial charge in [0.15, 0.2) is 0 Å². The molecule has 0 saturated heterocycles. The van der Waals surface area contributed by atoms with Crippen LogP contribution in [0.15, 0.2) is 30.9 Å². The van der Waals surface area contributed by atoms with Gasteiger partial charge in [-0.2, -0.15) is 0 Å². The number of aryl methyl sites for hydroxylation is 1. The van der Waals surface area contributed by atoms with Crippen molar-refractivity contribution in [2.24, 2.45) is 0 Å². The Balaban J connectivity index is 2.02. The molecule has 2 heterocycles. The Kier molecular flexibility index (Phi) is 5.12. The zero-order valence-electron chi connectivity index (χ0n) is 12.3. The zero-order chi connectivity index (χ0) is 14.4. The summed E-state index contributed by atoms with van der Waals surface area (Å²) < 4.78 is 2.18. The van der Waals surface area contributed by atoms with E-state index in [9.17, 15) is 0 Å². The summed E-state index contributed by atoms with van der Waals surface area (Å²) in [6.45, 7) is 8.69. The van der Waals surface area contributed by atoms with Crippen molar-refractivity contribution in [3.05, 3.63) is 30.9 Å². The fourth-order valence-corrected chi connectivity index (χ4v) is 2.35. The van der Waals surface area contributed by atoms with Gasteiger partial charge in [-0.05, 0) is 38.2 Å². The third-order valence-electron chi connectivity index (χ3n) is 3.56. The number of rotatable bonds is 7. The molecular weight excluding hydrogens is 250 g/mol. The molecule has 0 unspecified atom stereocenters. The van der Waals surface area contributed by atoms with Crippen LogP contribution in [-0.2, 0) is 6.54 Å². The maximum absolute atomic E-state index is 5.74. The Hall–Kier alpha value is -1.88. The quantitative estimate of drug-likeness (QED) is 0.840. The Morgan fingerprint density at radius 1 is 1.30 bits per heavy atom. The van der Waals surface area contributed by atoms with E-state index in [-0.39, 0.29) is 0 Å². The summed E-state index contributed by atoms with van der Waals surface area (Å²) in [6.07, 6.45) is 6.61. The molecule has 20 heavy (non-hydrogen) atoms. The summed E-state index contributed by atoms with van der Waals surface area (Å²) >= 11 is 0. The van der Waals surface area contributed by atoms with Crippen molar-refractivity contribution in [2.75, 3.05) is 25.4 Å². The third-order valence-corrected chi connectivity index (χ3v) is 3.56. The van der Waals surface area contributed by atoms with Crippen LogP contribution in [0.1, 0.15) is 20.3 Å². The topological polar surface area (TPSA) is 60.0 Å². The van der Waals surface area contributed by atoms with E-state index in [1.807, 2.05) is 24.7 Å². The number of imidazole rings is 1. The van der Waals surface area contributed by atoms with Crippen LogP contribution in [-0.4, -0.2) is 39.1 Å². The average Bonchev–Trinajstić information content (AvgIpc) is 2.92. The first-order valence-corrected chi connectivity index (χ1v) is 7.19. The molecule has 0 aliphatic carbocycles. The van der Waals surface area contributed by atoms with Gasteiger partial charge in [-0.3, -0.25) is 0 Å². The lowest BCUT2D eigenvalue weighted by Crippen LogP contribution is -2.24. The van der Waals surface area contributed by atoms with Crippen molar-refractivity contribution in [1.82, 2.24) is 19.4 Å². The van der Waals surface area contributed by atoms with Crippen molar-refractivity contribution in [3.63, 3.8) is 0 Å². The number of nitrogen functional groups attached to an aromatic ring is 1. The van der Waals surface area contributed by atoms with Crippen LogP contribution >= 0.6 is 0 Å². The molecule has 2 aromatic rings. The van der Waals surface area contributed by atoms with Gasteiger partial charge < -0.3 is 15.2 Å². The molecule has 0 amide bonds. The van der Waals surface area contributed by atoms with E-state index in [1.54, 1.807) is 6.20 Å². The van der Waals surface area contributed by atoms with Crippen LogP contribution in [0.5, 0.6) is 0 Å². The summed E-state index contributed by atoms with van der Waals surface area (Å²) in [6, 6.07) is 3.85. The van der Waals surface area contributed by atoms with Gasteiger partial charge >= 0.3 is 0 Å². The number of aromatic nitrogens is 3. The fraction of sp³-hybridized carbons (Fsp3) is 0.467. The van der Waals surface area contributed by atoms with Crippen LogP contribution in [0.25, 0.3) is 11.3 Å². The lowest BCUT2D eigenvalue weighted by atomic mass is 10.2. The molecule has 2 aromatic heterocycles. The van der Waals surface area contributed by atoms with Gasteiger partial charge in [0.25, 0.3) is 0 Å².